The van der Waals surface area contributed by atoms with Crippen LogP contribution in [0.4, 0.5) is 5.69 Å². The van der Waals surface area contributed by atoms with Crippen molar-refractivity contribution in [1.82, 2.24) is 9.88 Å². The van der Waals surface area contributed by atoms with Crippen LogP contribution in [0, 0.1) is 0 Å². The van der Waals surface area contributed by atoms with Gasteiger partial charge >= 0.3 is 0 Å². The number of hydrogen-bond acceptors (Lipinski definition) is 4. The van der Waals surface area contributed by atoms with Crippen LogP contribution in [-0.4, -0.2) is 22.3 Å². The van der Waals surface area contributed by atoms with Gasteiger partial charge in [0.2, 0.25) is 11.8 Å². The molecule has 0 radical (unpaired) electrons. The molecular weight excluding hydrogens is 433 g/mol. The molecule has 1 atom stereocenters. The van der Waals surface area contributed by atoms with E-state index in [1.54, 1.807) is 0 Å². The second kappa shape index (κ2) is 10.7. The molecule has 0 spiro atoms. The van der Waals surface area contributed by atoms with Crippen molar-refractivity contribution in [2.45, 2.75) is 45.1 Å². The smallest absolute Gasteiger partial charge is 0.227 e. The molecule has 1 aromatic heterocycles. The average Bonchev–Trinajstić information content (AvgIpc) is 3.37. The number of nitrogens with two attached hydrogens (primary N) is 1. The Labute approximate surface area is 195 Å². The number of hydrogen-bond donors (Lipinski definition) is 1. The number of likely N-dealkylation sites (tertiary alicyclic amines) is 1. The van der Waals surface area contributed by atoms with E-state index in [0.29, 0.717) is 18.0 Å². The van der Waals surface area contributed by atoms with Crippen LogP contribution < -0.4 is 5.73 Å². The summed E-state index contributed by atoms with van der Waals surface area (Å²) in [5.74, 6) is 1.84. The fourth-order valence-corrected chi connectivity index (χ4v) is 3.92. The van der Waals surface area contributed by atoms with Crippen LogP contribution in [-0.2, 0) is 11.2 Å². The van der Waals surface area contributed by atoms with Gasteiger partial charge in [-0.15, -0.1) is 24.8 Å². The highest BCUT2D eigenvalue weighted by Gasteiger charge is 2.34. The van der Waals surface area contributed by atoms with Crippen molar-refractivity contribution in [3.8, 4) is 11.3 Å². The van der Waals surface area contributed by atoms with Gasteiger partial charge in [-0.3, -0.25) is 4.79 Å². The van der Waals surface area contributed by atoms with Gasteiger partial charge in [0.05, 0.1) is 6.42 Å². The van der Waals surface area contributed by atoms with E-state index in [0.717, 1.165) is 42.0 Å². The summed E-state index contributed by atoms with van der Waals surface area (Å²) < 4.78 is 6.24. The Morgan fingerprint density at radius 1 is 1.13 bits per heavy atom. The number of nitrogens with zero attached hydrogens (tertiary/aromatic N) is 2. The number of amides is 1. The minimum atomic E-state index is -0.105. The van der Waals surface area contributed by atoms with Crippen LogP contribution in [0.1, 0.15) is 55.9 Å². The topological polar surface area (TPSA) is 72.4 Å². The number of carbonyl (C=O) groups excluding carboxylic acids is 1. The average molecular weight is 462 g/mol. The first-order valence-corrected chi connectivity index (χ1v) is 10.2. The summed E-state index contributed by atoms with van der Waals surface area (Å²) in [7, 11) is 0. The van der Waals surface area contributed by atoms with Crippen LogP contribution in [0.5, 0.6) is 0 Å². The molecule has 2 heterocycles. The van der Waals surface area contributed by atoms with Gasteiger partial charge in [0.1, 0.15) is 17.5 Å². The van der Waals surface area contributed by atoms with Gasteiger partial charge in [0, 0.05) is 23.7 Å². The van der Waals surface area contributed by atoms with E-state index < -0.39 is 0 Å². The number of anilines is 1. The molecular formula is C24H29Cl2N3O2. The minimum absolute atomic E-state index is 0. The Kier molecular flexibility index (Phi) is 8.54. The summed E-state index contributed by atoms with van der Waals surface area (Å²) in [6, 6.07) is 17.5. The first-order valence-electron chi connectivity index (χ1n) is 10.2. The second-order valence-electron chi connectivity index (χ2n) is 7.95. The maximum Gasteiger partial charge on any atom is 0.227 e. The zero-order chi connectivity index (χ0) is 20.4. The number of halogens is 2. The van der Waals surface area contributed by atoms with E-state index in [2.05, 4.69) is 13.8 Å². The number of oxazole rings is 1. The summed E-state index contributed by atoms with van der Waals surface area (Å²) >= 11 is 0. The summed E-state index contributed by atoms with van der Waals surface area (Å²) in [4.78, 5) is 19.8. The van der Waals surface area contributed by atoms with Crippen LogP contribution in [0.3, 0.4) is 0 Å². The zero-order valence-corrected chi connectivity index (χ0v) is 19.4. The molecule has 1 unspecified atom stereocenters. The summed E-state index contributed by atoms with van der Waals surface area (Å²) in [5.41, 5.74) is 9.35. The highest BCUT2D eigenvalue weighted by Crippen LogP contribution is 2.37. The van der Waals surface area contributed by atoms with Crippen molar-refractivity contribution in [3.63, 3.8) is 0 Å². The SMILES string of the molecule is CC(C)c1oc(C2CCCN2C(=O)Cc2ccc(N)cc2)nc1-c1ccccc1.Cl.Cl. The van der Waals surface area contributed by atoms with Crippen LogP contribution in [0.2, 0.25) is 0 Å². The fraction of sp³-hybridized carbons (Fsp3) is 0.333. The summed E-state index contributed by atoms with van der Waals surface area (Å²) in [5, 5.41) is 0. The molecule has 2 aromatic carbocycles. The first kappa shape index (κ1) is 24.8. The number of rotatable bonds is 5. The Morgan fingerprint density at radius 2 is 1.81 bits per heavy atom. The van der Waals surface area contributed by atoms with Crippen molar-refractivity contribution in [1.29, 1.82) is 0 Å². The van der Waals surface area contributed by atoms with E-state index in [1.165, 1.54) is 0 Å². The maximum absolute atomic E-state index is 13.0. The van der Waals surface area contributed by atoms with E-state index in [4.69, 9.17) is 15.1 Å². The Bertz CT molecular complexity index is 988. The molecule has 5 nitrogen and oxygen atoms in total. The quantitative estimate of drug-likeness (QED) is 0.487. The third-order valence-corrected chi connectivity index (χ3v) is 5.43. The molecule has 0 saturated carbocycles. The van der Waals surface area contributed by atoms with Crippen molar-refractivity contribution >= 4 is 36.4 Å². The van der Waals surface area contributed by atoms with Crippen LogP contribution in [0.15, 0.2) is 59.0 Å². The summed E-state index contributed by atoms with van der Waals surface area (Å²) in [6.07, 6.45) is 2.19. The zero-order valence-electron chi connectivity index (χ0n) is 17.8. The van der Waals surface area contributed by atoms with Gasteiger partial charge in [-0.1, -0.05) is 56.3 Å². The third kappa shape index (κ3) is 5.41. The highest BCUT2D eigenvalue weighted by atomic mass is 35.5. The maximum atomic E-state index is 13.0. The number of nitrogen functional groups attached to an aromatic ring is 1. The molecule has 0 aliphatic carbocycles. The molecule has 0 bridgehead atoms. The largest absolute Gasteiger partial charge is 0.442 e. The van der Waals surface area contributed by atoms with Gasteiger partial charge in [0.25, 0.3) is 0 Å². The molecule has 166 valence electrons. The second-order valence-corrected chi connectivity index (χ2v) is 7.95. The molecule has 4 rings (SSSR count). The van der Waals surface area contributed by atoms with Gasteiger partial charge in [-0.05, 0) is 30.5 Å². The predicted molar refractivity (Wildman–Crippen MR) is 129 cm³/mol. The first-order chi connectivity index (χ1) is 14.0. The summed E-state index contributed by atoms with van der Waals surface area (Å²) in [6.45, 7) is 4.95. The molecule has 3 aromatic rings. The Hall–Kier alpha value is -2.50. The van der Waals surface area contributed by atoms with Crippen molar-refractivity contribution in [2.24, 2.45) is 0 Å². The Balaban J connectivity index is 0.00000171. The third-order valence-electron chi connectivity index (χ3n) is 5.43. The van der Waals surface area contributed by atoms with Crippen molar-refractivity contribution < 1.29 is 9.21 Å². The highest BCUT2D eigenvalue weighted by molar-refractivity contribution is 5.85. The van der Waals surface area contributed by atoms with Gasteiger partial charge in [0.15, 0.2) is 0 Å². The lowest BCUT2D eigenvalue weighted by atomic mass is 10.0. The molecule has 1 fully saturated rings. The molecule has 1 saturated heterocycles. The normalized spacial score (nSPS) is 15.5. The Morgan fingerprint density at radius 3 is 2.45 bits per heavy atom. The van der Waals surface area contributed by atoms with Crippen LogP contribution >= 0.6 is 24.8 Å². The lowest BCUT2D eigenvalue weighted by Gasteiger charge is -2.22. The standard InChI is InChI=1S/C24H27N3O2.2ClH/c1-16(2)23-22(18-7-4-3-5-8-18)26-24(29-23)20-9-6-14-27(20)21(28)15-17-10-12-19(25)13-11-17;;/h3-5,7-8,10-13,16,20H,6,9,14-15,25H2,1-2H3;2*1H. The molecule has 2 N–H and O–H groups in total. The lowest BCUT2D eigenvalue weighted by Crippen LogP contribution is -2.32. The van der Waals surface area contributed by atoms with Gasteiger partial charge in [-0.25, -0.2) is 4.98 Å². The molecule has 7 heteroatoms. The molecule has 1 amide bonds. The lowest BCUT2D eigenvalue weighted by molar-refractivity contribution is -0.131. The number of benzene rings is 2. The van der Waals surface area contributed by atoms with Crippen molar-refractivity contribution in [3.05, 3.63) is 71.8 Å². The van der Waals surface area contributed by atoms with E-state index in [1.807, 2.05) is 59.5 Å². The van der Waals surface area contributed by atoms with Crippen molar-refractivity contribution in [2.75, 3.05) is 12.3 Å². The van der Waals surface area contributed by atoms with Gasteiger partial charge in [-0.2, -0.15) is 0 Å². The molecule has 1 aliphatic rings. The minimum Gasteiger partial charge on any atom is -0.442 e. The number of aromatic nitrogens is 1. The monoisotopic (exact) mass is 461 g/mol. The van der Waals surface area contributed by atoms with Gasteiger partial charge < -0.3 is 15.1 Å². The predicted octanol–water partition coefficient (Wildman–Crippen LogP) is 5.80. The number of carbonyl (C=O) groups is 1. The van der Waals surface area contributed by atoms with E-state index in [9.17, 15) is 4.79 Å². The van der Waals surface area contributed by atoms with E-state index >= 15 is 0 Å². The fourth-order valence-electron chi connectivity index (χ4n) is 3.92. The molecule has 31 heavy (non-hydrogen) atoms. The van der Waals surface area contributed by atoms with E-state index in [-0.39, 0.29) is 42.7 Å². The van der Waals surface area contributed by atoms with Crippen LogP contribution in [0.25, 0.3) is 11.3 Å². The molecule has 1 aliphatic heterocycles.